The molecule has 1 aromatic carbocycles. The average Bonchev–Trinajstić information content (AvgIpc) is 2.59. The van der Waals surface area contributed by atoms with Crippen LogP contribution >= 0.6 is 0 Å². The Labute approximate surface area is 138 Å². The van der Waals surface area contributed by atoms with Gasteiger partial charge in [-0.1, -0.05) is 25.1 Å². The van der Waals surface area contributed by atoms with Crippen LogP contribution in [0.5, 0.6) is 0 Å². The molecule has 1 aromatic rings. The maximum Gasteiger partial charge on any atom is 0.326 e. The molecule has 1 rings (SSSR count). The molecule has 0 aliphatic rings. The first-order valence-electron chi connectivity index (χ1n) is 7.07. The van der Waals surface area contributed by atoms with E-state index in [2.05, 4.69) is 14.8 Å². The number of carbonyl (C=O) groups is 4. The van der Waals surface area contributed by atoms with Crippen molar-refractivity contribution in [3.05, 3.63) is 35.9 Å². The van der Waals surface area contributed by atoms with Crippen LogP contribution in [0.2, 0.25) is 0 Å². The molecule has 2 N–H and O–H groups in total. The standard InChI is InChI=1S/C16H19NO7/c1-9(11(15(21)23-2)16(22)24-3)12(14(19)20)17-13(18)10-7-5-4-6-8-10/h4-9,11-12H,1-3H3,(H,17,18)(H,19,20)/t9-,12+/m1/s1. The van der Waals surface area contributed by atoms with Crippen molar-refractivity contribution >= 4 is 23.8 Å². The zero-order chi connectivity index (χ0) is 18.3. The lowest BCUT2D eigenvalue weighted by Gasteiger charge is -2.26. The monoisotopic (exact) mass is 337 g/mol. The molecule has 0 radical (unpaired) electrons. The second-order valence-corrected chi connectivity index (χ2v) is 5.04. The number of carbonyl (C=O) groups excluding carboxylic acids is 3. The number of ether oxygens (including phenoxy) is 2. The predicted molar refractivity (Wildman–Crippen MR) is 82.0 cm³/mol. The lowest BCUT2D eigenvalue weighted by atomic mass is 9.87. The fourth-order valence-electron chi connectivity index (χ4n) is 2.20. The van der Waals surface area contributed by atoms with Crippen molar-refractivity contribution in [3.8, 4) is 0 Å². The van der Waals surface area contributed by atoms with E-state index in [4.69, 9.17) is 0 Å². The van der Waals surface area contributed by atoms with Gasteiger partial charge in [-0.2, -0.15) is 0 Å². The molecule has 24 heavy (non-hydrogen) atoms. The number of nitrogens with one attached hydrogen (secondary N) is 1. The SMILES string of the molecule is COC(=O)C(C(=O)OC)[C@@H](C)[C@H](NC(=O)c1ccccc1)C(=O)O. The lowest BCUT2D eigenvalue weighted by Crippen LogP contribution is -2.50. The van der Waals surface area contributed by atoms with E-state index in [-0.39, 0.29) is 5.56 Å². The summed E-state index contributed by atoms with van der Waals surface area (Å²) in [6, 6.07) is 6.49. The van der Waals surface area contributed by atoms with Gasteiger partial charge in [-0.15, -0.1) is 0 Å². The van der Waals surface area contributed by atoms with Crippen LogP contribution in [0.25, 0.3) is 0 Å². The van der Waals surface area contributed by atoms with Gasteiger partial charge in [0.1, 0.15) is 6.04 Å². The van der Waals surface area contributed by atoms with Crippen molar-refractivity contribution in [2.24, 2.45) is 11.8 Å². The van der Waals surface area contributed by atoms with Crippen LogP contribution in [0.1, 0.15) is 17.3 Å². The van der Waals surface area contributed by atoms with E-state index in [0.717, 1.165) is 14.2 Å². The summed E-state index contributed by atoms with van der Waals surface area (Å²) in [4.78, 5) is 47.3. The normalized spacial score (nSPS) is 12.8. The van der Waals surface area contributed by atoms with E-state index >= 15 is 0 Å². The number of carboxylic acid groups (broad SMARTS) is 1. The molecule has 0 aliphatic carbocycles. The van der Waals surface area contributed by atoms with Crippen molar-refractivity contribution in [3.63, 3.8) is 0 Å². The van der Waals surface area contributed by atoms with Gasteiger partial charge < -0.3 is 19.9 Å². The van der Waals surface area contributed by atoms with Crippen LogP contribution in [-0.4, -0.2) is 49.2 Å². The number of hydrogen-bond donors (Lipinski definition) is 2. The van der Waals surface area contributed by atoms with Gasteiger partial charge in [0.2, 0.25) is 0 Å². The molecule has 0 aliphatic heterocycles. The summed E-state index contributed by atoms with van der Waals surface area (Å²) >= 11 is 0. The second kappa shape index (κ2) is 8.66. The maximum atomic E-state index is 12.2. The van der Waals surface area contributed by atoms with Crippen LogP contribution in [0.15, 0.2) is 30.3 Å². The molecule has 130 valence electrons. The summed E-state index contributed by atoms with van der Waals surface area (Å²) in [5.41, 5.74) is 0.253. The van der Waals surface area contributed by atoms with E-state index in [9.17, 15) is 24.3 Å². The van der Waals surface area contributed by atoms with Crippen molar-refractivity contribution in [1.82, 2.24) is 5.32 Å². The molecule has 0 aromatic heterocycles. The fourth-order valence-corrected chi connectivity index (χ4v) is 2.20. The number of rotatable bonds is 7. The van der Waals surface area contributed by atoms with Gasteiger partial charge in [0, 0.05) is 11.5 Å². The van der Waals surface area contributed by atoms with Gasteiger partial charge in [-0.3, -0.25) is 14.4 Å². The molecular weight excluding hydrogens is 318 g/mol. The van der Waals surface area contributed by atoms with Crippen molar-refractivity contribution in [2.75, 3.05) is 14.2 Å². The van der Waals surface area contributed by atoms with E-state index in [1.54, 1.807) is 18.2 Å². The highest BCUT2D eigenvalue weighted by molar-refractivity contribution is 5.98. The Balaban J connectivity index is 3.04. The van der Waals surface area contributed by atoms with Crippen molar-refractivity contribution in [2.45, 2.75) is 13.0 Å². The van der Waals surface area contributed by atoms with E-state index in [0.29, 0.717) is 0 Å². The summed E-state index contributed by atoms with van der Waals surface area (Å²) in [6.07, 6.45) is 0. The fraction of sp³-hybridized carbons (Fsp3) is 0.375. The van der Waals surface area contributed by atoms with Crippen molar-refractivity contribution < 1.29 is 33.8 Å². The molecular formula is C16H19NO7. The third kappa shape index (κ3) is 4.55. The third-order valence-corrected chi connectivity index (χ3v) is 3.55. The number of aliphatic carboxylic acids is 1. The molecule has 0 saturated carbocycles. The number of hydrogen-bond acceptors (Lipinski definition) is 6. The van der Waals surface area contributed by atoms with Crippen molar-refractivity contribution in [1.29, 1.82) is 0 Å². The predicted octanol–water partition coefficient (Wildman–Crippen LogP) is 0.468. The topological polar surface area (TPSA) is 119 Å². The molecule has 8 heteroatoms. The van der Waals surface area contributed by atoms with Crippen LogP contribution in [0, 0.1) is 11.8 Å². The first-order chi connectivity index (χ1) is 11.3. The quantitative estimate of drug-likeness (QED) is 0.548. The molecule has 0 unspecified atom stereocenters. The van der Waals surface area contributed by atoms with Gasteiger partial charge in [-0.25, -0.2) is 4.79 Å². The molecule has 8 nitrogen and oxygen atoms in total. The second-order valence-electron chi connectivity index (χ2n) is 5.04. The van der Waals surface area contributed by atoms with E-state index in [1.165, 1.54) is 19.1 Å². The Morgan fingerprint density at radius 2 is 1.50 bits per heavy atom. The Morgan fingerprint density at radius 3 is 1.92 bits per heavy atom. The zero-order valence-electron chi connectivity index (χ0n) is 13.5. The molecule has 1 amide bonds. The minimum atomic E-state index is -1.49. The Morgan fingerprint density at radius 1 is 1.00 bits per heavy atom. The highest BCUT2D eigenvalue weighted by Crippen LogP contribution is 2.20. The molecule has 0 bridgehead atoms. The summed E-state index contributed by atoms with van der Waals surface area (Å²) in [5, 5.41) is 11.7. The highest BCUT2D eigenvalue weighted by atomic mass is 16.5. The summed E-state index contributed by atoms with van der Waals surface area (Å²) in [5.74, 6) is -6.45. The number of esters is 2. The first kappa shape index (κ1) is 19.1. The molecule has 0 fully saturated rings. The molecule has 0 saturated heterocycles. The van der Waals surface area contributed by atoms with E-state index < -0.39 is 41.7 Å². The van der Waals surface area contributed by atoms with Gasteiger partial charge in [0.15, 0.2) is 5.92 Å². The maximum absolute atomic E-state index is 12.2. The Hall–Kier alpha value is -2.90. The first-order valence-corrected chi connectivity index (χ1v) is 7.07. The van der Waals surface area contributed by atoms with Gasteiger partial charge >= 0.3 is 17.9 Å². The number of amides is 1. The average molecular weight is 337 g/mol. The number of methoxy groups -OCH3 is 2. The van der Waals surface area contributed by atoms with E-state index in [1.807, 2.05) is 0 Å². The molecule has 0 spiro atoms. The smallest absolute Gasteiger partial charge is 0.326 e. The highest BCUT2D eigenvalue weighted by Gasteiger charge is 2.42. The van der Waals surface area contributed by atoms with Crippen LogP contribution < -0.4 is 5.32 Å². The zero-order valence-corrected chi connectivity index (χ0v) is 13.5. The van der Waals surface area contributed by atoms with Crippen LogP contribution in [0.4, 0.5) is 0 Å². The largest absolute Gasteiger partial charge is 0.480 e. The third-order valence-electron chi connectivity index (χ3n) is 3.55. The molecule has 2 atom stereocenters. The number of carboxylic acids is 1. The summed E-state index contributed by atoms with van der Waals surface area (Å²) < 4.78 is 9.06. The van der Waals surface area contributed by atoms with Gasteiger partial charge in [0.05, 0.1) is 14.2 Å². The summed E-state index contributed by atoms with van der Waals surface area (Å²) in [6.45, 7) is 1.35. The van der Waals surface area contributed by atoms with Crippen LogP contribution in [-0.2, 0) is 23.9 Å². The van der Waals surface area contributed by atoms with Gasteiger partial charge in [0.25, 0.3) is 5.91 Å². The minimum absolute atomic E-state index is 0.253. The molecule has 0 heterocycles. The Bertz CT molecular complexity index is 598. The lowest BCUT2D eigenvalue weighted by molar-refractivity contribution is -0.162. The minimum Gasteiger partial charge on any atom is -0.480 e. The Kier molecular flexibility index (Phi) is 6.91. The van der Waals surface area contributed by atoms with Gasteiger partial charge in [-0.05, 0) is 12.1 Å². The summed E-state index contributed by atoms with van der Waals surface area (Å²) in [7, 11) is 2.15. The van der Waals surface area contributed by atoms with Crippen LogP contribution in [0.3, 0.4) is 0 Å². The number of benzene rings is 1.